The number of amides is 4. The molecule has 1 aliphatic carbocycles. The molecule has 1 fully saturated rings. The Bertz CT molecular complexity index is 1760. The van der Waals surface area contributed by atoms with E-state index >= 15 is 0 Å². The van der Waals surface area contributed by atoms with Crippen molar-refractivity contribution in [3.05, 3.63) is 101 Å². The number of nitrogens with zero attached hydrogens (tertiary/aromatic N) is 1. The minimum atomic E-state index is -1.17. The van der Waals surface area contributed by atoms with Gasteiger partial charge in [-0.2, -0.15) is 0 Å². The molecule has 0 saturated carbocycles. The monoisotopic (exact) mass is 740 g/mol. The number of para-hydroxylation sites is 1. The molecule has 2 aliphatic rings. The van der Waals surface area contributed by atoms with Gasteiger partial charge in [0.15, 0.2) is 0 Å². The second-order valence-electron chi connectivity index (χ2n) is 13.6. The largest absolute Gasteiger partial charge is 0.496 e. The number of nitrogens with one attached hydrogen (secondary N) is 3. The molecule has 12 nitrogen and oxygen atoms in total. The first-order valence-electron chi connectivity index (χ1n) is 19.0. The molecule has 1 heterocycles. The Labute approximate surface area is 317 Å². The van der Waals surface area contributed by atoms with Crippen molar-refractivity contribution in [1.82, 2.24) is 20.9 Å². The summed E-state index contributed by atoms with van der Waals surface area (Å²) >= 11 is 0. The number of unbranched alkanes of at least 4 members (excludes halogenated alkanes) is 1. The van der Waals surface area contributed by atoms with Gasteiger partial charge >= 0.3 is 12.1 Å². The lowest BCUT2D eigenvalue weighted by Crippen LogP contribution is -2.54. The fraction of sp³-hybridized carbons (Fsp3) is 0.452. The van der Waals surface area contributed by atoms with Gasteiger partial charge in [-0.1, -0.05) is 66.7 Å². The standard InChI is InChI=1S/C42H52N4O8/c1-4-53-39(49)35(20-13-14-26-43-41(51)54-5-2)45-40(50)42(29-15-7-6-8-16-29)25-22-32(31-17-9-11-19-34(31)42)38(48)46-27-23-30(24-28-46)44-37(47)33-18-10-12-21-36(33)52-3/h6-12,15-19,21,30,32,35H,4-5,13-14,20,22-28H2,1-3H3,(H,43,51)(H,44,47)(H,45,50)/t32-,35+,42+/m0/s1. The van der Waals surface area contributed by atoms with E-state index in [2.05, 4.69) is 16.0 Å². The molecule has 3 aromatic carbocycles. The maximum atomic E-state index is 14.8. The zero-order chi connectivity index (χ0) is 38.5. The topological polar surface area (TPSA) is 152 Å². The van der Waals surface area contributed by atoms with Crippen LogP contribution in [-0.4, -0.2) is 86.7 Å². The van der Waals surface area contributed by atoms with E-state index in [0.29, 0.717) is 75.9 Å². The number of rotatable bonds is 15. The minimum Gasteiger partial charge on any atom is -0.496 e. The van der Waals surface area contributed by atoms with Crippen LogP contribution in [0.1, 0.15) is 91.8 Å². The number of carbonyl (C=O) groups is 5. The van der Waals surface area contributed by atoms with Gasteiger partial charge in [-0.05, 0) is 87.6 Å². The molecule has 3 aromatic rings. The van der Waals surface area contributed by atoms with Crippen LogP contribution in [0, 0.1) is 0 Å². The third kappa shape index (κ3) is 9.21. The summed E-state index contributed by atoms with van der Waals surface area (Å²) < 4.78 is 15.7. The summed E-state index contributed by atoms with van der Waals surface area (Å²) in [7, 11) is 1.54. The first-order chi connectivity index (χ1) is 26.2. The van der Waals surface area contributed by atoms with Crippen molar-refractivity contribution in [3.63, 3.8) is 0 Å². The second kappa shape index (κ2) is 19.1. The molecule has 0 unspecified atom stereocenters. The number of ether oxygens (including phenoxy) is 3. The van der Waals surface area contributed by atoms with Crippen LogP contribution in [0.25, 0.3) is 0 Å². The Morgan fingerprint density at radius 2 is 1.52 bits per heavy atom. The molecule has 0 bridgehead atoms. The van der Waals surface area contributed by atoms with E-state index in [9.17, 15) is 24.0 Å². The highest BCUT2D eigenvalue weighted by molar-refractivity contribution is 5.98. The number of fused-ring (bicyclic) bond motifs is 1. The number of hydrogen-bond donors (Lipinski definition) is 3. The van der Waals surface area contributed by atoms with Gasteiger partial charge < -0.3 is 35.1 Å². The van der Waals surface area contributed by atoms with E-state index in [1.54, 1.807) is 32.0 Å². The number of alkyl carbamates (subject to hydrolysis) is 1. The summed E-state index contributed by atoms with van der Waals surface area (Å²) in [6.45, 7) is 5.25. The lowest BCUT2D eigenvalue weighted by molar-refractivity contribution is -0.148. The summed E-state index contributed by atoms with van der Waals surface area (Å²) in [5.74, 6) is -1.01. The molecule has 5 rings (SSSR count). The smallest absolute Gasteiger partial charge is 0.407 e. The predicted molar refractivity (Wildman–Crippen MR) is 203 cm³/mol. The van der Waals surface area contributed by atoms with Gasteiger partial charge in [0.05, 0.1) is 37.2 Å². The maximum Gasteiger partial charge on any atom is 0.407 e. The molecule has 54 heavy (non-hydrogen) atoms. The maximum absolute atomic E-state index is 14.8. The molecule has 1 saturated heterocycles. The summed E-state index contributed by atoms with van der Waals surface area (Å²) in [6.07, 6.45) is 2.94. The van der Waals surface area contributed by atoms with Crippen molar-refractivity contribution >= 4 is 29.8 Å². The highest BCUT2D eigenvalue weighted by atomic mass is 16.5. The van der Waals surface area contributed by atoms with Crippen molar-refractivity contribution in [2.24, 2.45) is 0 Å². The first kappa shape index (κ1) is 39.8. The van der Waals surface area contributed by atoms with Crippen LogP contribution in [0.5, 0.6) is 5.75 Å². The molecule has 0 aromatic heterocycles. The molecular formula is C42H52N4O8. The van der Waals surface area contributed by atoms with Crippen LogP contribution < -0.4 is 20.7 Å². The zero-order valence-electron chi connectivity index (χ0n) is 31.4. The van der Waals surface area contributed by atoms with E-state index in [1.807, 2.05) is 65.6 Å². The SMILES string of the molecule is CCOC(=O)NCCCC[C@@H](NC(=O)[C@@]1(c2ccccc2)CC[C@H](C(=O)N2CCC(NC(=O)c3ccccc3OC)CC2)c2ccccc21)C(=O)OCC. The molecule has 288 valence electrons. The number of carbonyl (C=O) groups excluding carboxylic acids is 5. The third-order valence-corrected chi connectivity index (χ3v) is 10.4. The Balaban J connectivity index is 1.32. The normalized spacial score (nSPS) is 18.7. The number of likely N-dealkylation sites (tertiary alicyclic amines) is 1. The summed E-state index contributed by atoms with van der Waals surface area (Å²) in [6, 6.07) is 23.2. The molecule has 3 N–H and O–H groups in total. The molecule has 0 spiro atoms. The summed E-state index contributed by atoms with van der Waals surface area (Å²) in [5, 5.41) is 8.85. The van der Waals surface area contributed by atoms with Crippen molar-refractivity contribution in [2.75, 3.05) is 40.0 Å². The molecule has 4 amide bonds. The predicted octanol–water partition coefficient (Wildman–Crippen LogP) is 5.24. The lowest BCUT2D eigenvalue weighted by Gasteiger charge is -2.43. The van der Waals surface area contributed by atoms with Crippen molar-refractivity contribution in [1.29, 1.82) is 0 Å². The van der Waals surface area contributed by atoms with Crippen LogP contribution in [-0.2, 0) is 29.3 Å². The quantitative estimate of drug-likeness (QED) is 0.141. The van der Waals surface area contributed by atoms with Crippen LogP contribution in [0.15, 0.2) is 78.9 Å². The van der Waals surface area contributed by atoms with Crippen LogP contribution >= 0.6 is 0 Å². The number of methoxy groups -OCH3 is 1. The highest BCUT2D eigenvalue weighted by Crippen LogP contribution is 2.48. The zero-order valence-corrected chi connectivity index (χ0v) is 31.4. The average molecular weight is 741 g/mol. The van der Waals surface area contributed by atoms with Gasteiger partial charge in [-0.25, -0.2) is 9.59 Å². The van der Waals surface area contributed by atoms with Gasteiger partial charge in [0, 0.05) is 25.7 Å². The number of hydrogen-bond acceptors (Lipinski definition) is 8. The number of benzene rings is 3. The van der Waals surface area contributed by atoms with Crippen molar-refractivity contribution in [2.45, 2.75) is 82.2 Å². The second-order valence-corrected chi connectivity index (χ2v) is 13.6. The Morgan fingerprint density at radius 3 is 2.24 bits per heavy atom. The van der Waals surface area contributed by atoms with Gasteiger partial charge in [0.2, 0.25) is 11.8 Å². The molecule has 12 heteroatoms. The average Bonchev–Trinajstić information content (AvgIpc) is 3.20. The van der Waals surface area contributed by atoms with E-state index in [4.69, 9.17) is 14.2 Å². The van der Waals surface area contributed by atoms with Gasteiger partial charge in [-0.15, -0.1) is 0 Å². The fourth-order valence-corrected chi connectivity index (χ4v) is 7.67. The van der Waals surface area contributed by atoms with E-state index in [1.165, 1.54) is 7.11 Å². The minimum absolute atomic E-state index is 0.000136. The lowest BCUT2D eigenvalue weighted by atomic mass is 9.62. The molecule has 3 atom stereocenters. The third-order valence-electron chi connectivity index (χ3n) is 10.4. The summed E-state index contributed by atoms with van der Waals surface area (Å²) in [5.41, 5.74) is 1.60. The molecule has 0 radical (unpaired) electrons. The van der Waals surface area contributed by atoms with E-state index in [0.717, 1.165) is 16.7 Å². The Morgan fingerprint density at radius 1 is 0.833 bits per heavy atom. The van der Waals surface area contributed by atoms with Crippen LogP contribution in [0.2, 0.25) is 0 Å². The Kier molecular flexibility index (Phi) is 14.1. The van der Waals surface area contributed by atoms with Crippen LogP contribution in [0.4, 0.5) is 4.79 Å². The van der Waals surface area contributed by atoms with Gasteiger partial charge in [0.1, 0.15) is 11.8 Å². The van der Waals surface area contributed by atoms with E-state index < -0.39 is 29.4 Å². The molecular weight excluding hydrogens is 688 g/mol. The number of piperidine rings is 1. The van der Waals surface area contributed by atoms with Crippen molar-refractivity contribution < 1.29 is 38.2 Å². The van der Waals surface area contributed by atoms with Crippen LogP contribution in [0.3, 0.4) is 0 Å². The highest BCUT2D eigenvalue weighted by Gasteiger charge is 2.49. The Hall–Kier alpha value is -5.39. The van der Waals surface area contributed by atoms with Crippen molar-refractivity contribution in [3.8, 4) is 5.75 Å². The first-order valence-corrected chi connectivity index (χ1v) is 19.0. The van der Waals surface area contributed by atoms with Gasteiger partial charge in [-0.3, -0.25) is 14.4 Å². The van der Waals surface area contributed by atoms with Gasteiger partial charge in [0.25, 0.3) is 5.91 Å². The van der Waals surface area contributed by atoms with E-state index in [-0.39, 0.29) is 37.0 Å². The molecule has 1 aliphatic heterocycles. The fourth-order valence-electron chi connectivity index (χ4n) is 7.67. The number of esters is 1. The summed E-state index contributed by atoms with van der Waals surface area (Å²) in [4.78, 5) is 68.8.